The van der Waals surface area contributed by atoms with Crippen LogP contribution in [0.15, 0.2) is 0 Å². The van der Waals surface area contributed by atoms with Gasteiger partial charge in [0, 0.05) is 80.9 Å². The summed E-state index contributed by atoms with van der Waals surface area (Å²) in [6.07, 6.45) is 0. The second-order valence-corrected chi connectivity index (χ2v) is 14.6. The van der Waals surface area contributed by atoms with Crippen LogP contribution in [0.25, 0.3) is 0 Å². The average Bonchev–Trinajstić information content (AvgIpc) is 1.14. The van der Waals surface area contributed by atoms with Crippen molar-refractivity contribution < 1.29 is 0 Å². The molecule has 0 aromatic rings. The van der Waals surface area contributed by atoms with Crippen LogP contribution < -0.4 is 4.65 Å². The summed E-state index contributed by atoms with van der Waals surface area (Å²) < 4.78 is 3.74. The summed E-state index contributed by atoms with van der Waals surface area (Å²) in [5.74, 6) is 0. The van der Waals surface area contributed by atoms with E-state index in [0.29, 0.717) is 0 Å². The zero-order chi connectivity index (χ0) is 7.71. The van der Waals surface area contributed by atoms with Gasteiger partial charge in [-0.2, -0.15) is 0 Å². The van der Waals surface area contributed by atoms with Crippen molar-refractivity contribution in [3.8, 4) is 0 Å². The van der Waals surface area contributed by atoms with Gasteiger partial charge >= 0.3 is 0 Å². The molecular weight excluding hydrogens is 204 g/mol. The van der Waals surface area contributed by atoms with E-state index in [-0.39, 0.29) is 80.9 Å². The van der Waals surface area contributed by atoms with E-state index in [1.54, 1.807) is 0 Å². The topological polar surface area (TPSA) is 12.0 Å². The standard InChI is InChI=1S/C6H19NSi2.K.Na/c1-8(2,3)7-9(4,5)6;;/h7H,1-6H3;;. The molecule has 1 N–H and O–H groups in total. The molecule has 0 rings (SSSR count). The van der Waals surface area contributed by atoms with E-state index < -0.39 is 16.5 Å². The van der Waals surface area contributed by atoms with Crippen LogP contribution in [0.2, 0.25) is 39.3 Å². The van der Waals surface area contributed by atoms with Gasteiger partial charge < -0.3 is 4.65 Å². The van der Waals surface area contributed by atoms with Crippen molar-refractivity contribution >= 4 is 97.4 Å². The Kier molecular flexibility index (Phi) is 13.1. The van der Waals surface area contributed by atoms with Crippen molar-refractivity contribution in [3.63, 3.8) is 0 Å². The SMILES string of the molecule is C[Si](C)(C)N[Si](C)(C)C.[K].[Na]. The van der Waals surface area contributed by atoms with E-state index >= 15 is 0 Å². The molecule has 0 aliphatic carbocycles. The van der Waals surface area contributed by atoms with Gasteiger partial charge in [-0.15, -0.1) is 0 Å². The quantitative estimate of drug-likeness (QED) is 0.700. The third kappa shape index (κ3) is 19.4. The Labute approximate surface area is 138 Å². The predicted octanol–water partition coefficient (Wildman–Crippen LogP) is 1.48. The molecule has 5 heteroatoms. The van der Waals surface area contributed by atoms with Crippen LogP contribution in [0.3, 0.4) is 0 Å². The van der Waals surface area contributed by atoms with Gasteiger partial charge in [-0.1, -0.05) is 39.3 Å². The fourth-order valence-electron chi connectivity index (χ4n) is 1.12. The van der Waals surface area contributed by atoms with Gasteiger partial charge in [0.05, 0.1) is 0 Å². The molecule has 58 valence electrons. The predicted molar refractivity (Wildman–Crippen MR) is 61.3 cm³/mol. The molecule has 0 heterocycles. The Hall–Kier alpha value is 3.03. The van der Waals surface area contributed by atoms with Gasteiger partial charge in [-0.05, 0) is 0 Å². The van der Waals surface area contributed by atoms with Crippen molar-refractivity contribution in [2.45, 2.75) is 39.3 Å². The van der Waals surface area contributed by atoms with Crippen molar-refractivity contribution in [2.24, 2.45) is 0 Å². The first-order valence-electron chi connectivity index (χ1n) is 3.50. The normalized spacial score (nSPS) is 11.5. The summed E-state index contributed by atoms with van der Waals surface area (Å²) >= 11 is 0. The molecular formula is C6H19KNNaSi2. The monoisotopic (exact) mass is 223 g/mol. The maximum absolute atomic E-state index is 3.74. The van der Waals surface area contributed by atoms with Crippen LogP contribution in [-0.2, 0) is 0 Å². The van der Waals surface area contributed by atoms with E-state index in [4.69, 9.17) is 0 Å². The third-order valence-electron chi connectivity index (χ3n) is 0.750. The summed E-state index contributed by atoms with van der Waals surface area (Å²) in [5.41, 5.74) is 0. The second kappa shape index (κ2) is 7.34. The van der Waals surface area contributed by atoms with Gasteiger partial charge in [0.25, 0.3) is 0 Å². The van der Waals surface area contributed by atoms with Crippen LogP contribution in [0.4, 0.5) is 0 Å². The molecule has 0 unspecified atom stereocenters. The van der Waals surface area contributed by atoms with E-state index in [1.165, 1.54) is 0 Å². The maximum Gasteiger partial charge on any atom is 0.109 e. The first-order valence-corrected chi connectivity index (χ1v) is 10.5. The molecule has 0 bridgehead atoms. The zero-order valence-electron chi connectivity index (χ0n) is 9.50. The largest absolute Gasteiger partial charge is 0.360 e. The molecule has 0 aromatic heterocycles. The summed E-state index contributed by atoms with van der Waals surface area (Å²) in [6, 6.07) is 0. The molecule has 0 aliphatic rings. The van der Waals surface area contributed by atoms with Crippen LogP contribution in [0, 0.1) is 0 Å². The fraction of sp³-hybridized carbons (Fsp3) is 1.00. The Morgan fingerprint density at radius 2 is 0.909 bits per heavy atom. The molecule has 0 amide bonds. The molecule has 0 saturated carbocycles. The fourth-order valence-corrected chi connectivity index (χ4v) is 10.1. The minimum Gasteiger partial charge on any atom is -0.360 e. The first kappa shape index (κ1) is 19.6. The van der Waals surface area contributed by atoms with Crippen molar-refractivity contribution in [1.29, 1.82) is 0 Å². The number of hydrogen-bond donors (Lipinski definition) is 1. The zero-order valence-corrected chi connectivity index (χ0v) is 16.6. The van der Waals surface area contributed by atoms with Crippen molar-refractivity contribution in [1.82, 2.24) is 4.65 Å². The van der Waals surface area contributed by atoms with Gasteiger partial charge in [-0.3, -0.25) is 0 Å². The van der Waals surface area contributed by atoms with Gasteiger partial charge in [0.2, 0.25) is 0 Å². The van der Waals surface area contributed by atoms with Gasteiger partial charge in [-0.25, -0.2) is 0 Å². The van der Waals surface area contributed by atoms with E-state index in [0.717, 1.165) is 0 Å². The van der Waals surface area contributed by atoms with Crippen LogP contribution >= 0.6 is 0 Å². The molecule has 0 atom stereocenters. The smallest absolute Gasteiger partial charge is 0.109 e. The number of hydrogen-bond acceptors (Lipinski definition) is 1. The number of rotatable bonds is 2. The van der Waals surface area contributed by atoms with Crippen molar-refractivity contribution in [2.75, 3.05) is 0 Å². The summed E-state index contributed by atoms with van der Waals surface area (Å²) in [7, 11) is -1.96. The first-order chi connectivity index (χ1) is 3.71. The minimum atomic E-state index is -0.981. The Morgan fingerprint density at radius 3 is 0.909 bits per heavy atom. The molecule has 2 radical (unpaired) electrons. The Balaban J connectivity index is -0.000000320. The second-order valence-electron chi connectivity index (χ2n) is 4.62. The molecule has 0 fully saturated rings. The third-order valence-corrected chi connectivity index (χ3v) is 6.75. The van der Waals surface area contributed by atoms with E-state index in [9.17, 15) is 0 Å². The molecule has 0 saturated heterocycles. The van der Waals surface area contributed by atoms with Gasteiger partial charge in [0.15, 0.2) is 0 Å². The molecule has 0 spiro atoms. The van der Waals surface area contributed by atoms with Crippen molar-refractivity contribution in [3.05, 3.63) is 0 Å². The minimum absolute atomic E-state index is 0. The summed E-state index contributed by atoms with van der Waals surface area (Å²) in [4.78, 5) is 0. The molecule has 0 aliphatic heterocycles. The average molecular weight is 223 g/mol. The van der Waals surface area contributed by atoms with Crippen LogP contribution in [-0.4, -0.2) is 97.4 Å². The van der Waals surface area contributed by atoms with E-state index in [1.807, 2.05) is 0 Å². The van der Waals surface area contributed by atoms with Gasteiger partial charge in [0.1, 0.15) is 16.5 Å². The van der Waals surface area contributed by atoms with E-state index in [2.05, 4.69) is 43.9 Å². The Bertz CT molecular complexity index is 85.7. The molecule has 1 nitrogen and oxygen atoms in total. The summed E-state index contributed by atoms with van der Waals surface area (Å²) in [6.45, 7) is 14.1. The van der Waals surface area contributed by atoms with Crippen LogP contribution in [0.1, 0.15) is 0 Å². The molecule has 0 aromatic carbocycles. The molecule has 11 heavy (non-hydrogen) atoms. The number of nitrogens with one attached hydrogen (secondary N) is 1. The van der Waals surface area contributed by atoms with Crippen LogP contribution in [0.5, 0.6) is 0 Å². The summed E-state index contributed by atoms with van der Waals surface area (Å²) in [5, 5.41) is 0. The Morgan fingerprint density at radius 1 is 0.727 bits per heavy atom. The maximum atomic E-state index is 3.74.